The third kappa shape index (κ3) is 3.43. The summed E-state index contributed by atoms with van der Waals surface area (Å²) in [7, 11) is 0. The maximum atomic E-state index is 13.0. The highest BCUT2D eigenvalue weighted by atomic mass is 19.3. The number of hydrogen-bond donors (Lipinski definition) is 0. The van der Waals surface area contributed by atoms with Crippen molar-refractivity contribution in [1.82, 2.24) is 0 Å². The summed E-state index contributed by atoms with van der Waals surface area (Å²) in [5.41, 5.74) is -0.603. The number of rotatable bonds is 1. The first-order valence-corrected chi connectivity index (χ1v) is 5.21. The summed E-state index contributed by atoms with van der Waals surface area (Å²) in [6.45, 7) is 6.89. The Balaban J connectivity index is 2.62. The molecule has 15 heavy (non-hydrogen) atoms. The van der Waals surface area contributed by atoms with Crippen LogP contribution in [0.5, 0.6) is 0 Å². The van der Waals surface area contributed by atoms with Crippen molar-refractivity contribution < 1.29 is 18.3 Å². The lowest BCUT2D eigenvalue weighted by Crippen LogP contribution is -2.30. The Morgan fingerprint density at radius 1 is 1.33 bits per heavy atom. The molecule has 4 heteroatoms. The molecule has 0 radical (unpaired) electrons. The molecule has 88 valence electrons. The van der Waals surface area contributed by atoms with Crippen molar-refractivity contribution in [2.75, 3.05) is 0 Å². The maximum absolute atomic E-state index is 13.0. The van der Waals surface area contributed by atoms with E-state index < -0.39 is 23.4 Å². The number of alkyl halides is 2. The van der Waals surface area contributed by atoms with Gasteiger partial charge in [0.15, 0.2) is 0 Å². The highest BCUT2D eigenvalue weighted by molar-refractivity contribution is 5.73. The fourth-order valence-electron chi connectivity index (χ4n) is 1.91. The van der Waals surface area contributed by atoms with Gasteiger partial charge in [-0.25, -0.2) is 8.78 Å². The predicted molar refractivity (Wildman–Crippen MR) is 52.7 cm³/mol. The number of hydrogen-bond acceptors (Lipinski definition) is 2. The van der Waals surface area contributed by atoms with Gasteiger partial charge in [0.25, 0.3) is 0 Å². The SMILES string of the molecule is C[C@H]1CC(F)(F)CC1C(=O)OC(C)(C)C. The summed E-state index contributed by atoms with van der Waals surface area (Å²) in [6, 6.07) is 0. The van der Waals surface area contributed by atoms with Crippen molar-refractivity contribution in [1.29, 1.82) is 0 Å². The van der Waals surface area contributed by atoms with E-state index in [0.717, 1.165) is 0 Å². The van der Waals surface area contributed by atoms with Crippen LogP contribution < -0.4 is 0 Å². The van der Waals surface area contributed by atoms with Gasteiger partial charge in [0.1, 0.15) is 5.60 Å². The molecule has 1 saturated carbocycles. The van der Waals surface area contributed by atoms with Gasteiger partial charge in [-0.1, -0.05) is 6.92 Å². The lowest BCUT2D eigenvalue weighted by Gasteiger charge is -2.23. The molecule has 1 fully saturated rings. The normalized spacial score (nSPS) is 30.3. The van der Waals surface area contributed by atoms with Crippen molar-refractivity contribution in [2.45, 2.75) is 52.1 Å². The molecule has 0 amide bonds. The van der Waals surface area contributed by atoms with Crippen LogP contribution in [0.15, 0.2) is 0 Å². The monoisotopic (exact) mass is 220 g/mol. The van der Waals surface area contributed by atoms with Crippen LogP contribution in [0.4, 0.5) is 8.78 Å². The fraction of sp³-hybridized carbons (Fsp3) is 0.909. The van der Waals surface area contributed by atoms with Gasteiger partial charge >= 0.3 is 5.97 Å². The molecule has 2 atom stereocenters. The fourth-order valence-corrected chi connectivity index (χ4v) is 1.91. The number of esters is 1. The van der Waals surface area contributed by atoms with Gasteiger partial charge in [-0.15, -0.1) is 0 Å². The summed E-state index contributed by atoms with van der Waals surface area (Å²) >= 11 is 0. The Morgan fingerprint density at radius 2 is 1.87 bits per heavy atom. The molecule has 1 rings (SSSR count). The molecule has 0 bridgehead atoms. The van der Waals surface area contributed by atoms with E-state index in [9.17, 15) is 13.6 Å². The zero-order chi connectivity index (χ0) is 11.9. The van der Waals surface area contributed by atoms with E-state index in [1.807, 2.05) is 0 Å². The molecule has 0 aromatic heterocycles. The van der Waals surface area contributed by atoms with Gasteiger partial charge < -0.3 is 4.74 Å². The Morgan fingerprint density at radius 3 is 2.20 bits per heavy atom. The van der Waals surface area contributed by atoms with Crippen LogP contribution in [0.25, 0.3) is 0 Å². The molecule has 0 spiro atoms. The third-order valence-electron chi connectivity index (χ3n) is 2.54. The zero-order valence-corrected chi connectivity index (χ0v) is 9.64. The van der Waals surface area contributed by atoms with E-state index in [-0.39, 0.29) is 18.8 Å². The smallest absolute Gasteiger partial charge is 0.309 e. The lowest BCUT2D eigenvalue weighted by atomic mass is 9.98. The van der Waals surface area contributed by atoms with Crippen LogP contribution in [-0.2, 0) is 9.53 Å². The first kappa shape index (κ1) is 12.4. The lowest BCUT2D eigenvalue weighted by molar-refractivity contribution is -0.161. The first-order chi connectivity index (χ1) is 6.61. The number of carbonyl (C=O) groups excluding carboxylic acids is 1. The second-order valence-electron chi connectivity index (χ2n) is 5.38. The predicted octanol–water partition coefficient (Wildman–Crippen LogP) is 3.01. The van der Waals surface area contributed by atoms with Gasteiger partial charge in [-0.3, -0.25) is 4.79 Å². The highest BCUT2D eigenvalue weighted by Gasteiger charge is 2.48. The number of carbonyl (C=O) groups is 1. The highest BCUT2D eigenvalue weighted by Crippen LogP contribution is 2.43. The molecular weight excluding hydrogens is 202 g/mol. The standard InChI is InChI=1S/C11H18F2O2/c1-7-5-11(12,13)6-8(7)9(14)15-10(2,3)4/h7-8H,5-6H2,1-4H3/t7-,8?/m0/s1. The Labute approximate surface area is 89.0 Å². The van der Waals surface area contributed by atoms with Crippen LogP contribution in [0.3, 0.4) is 0 Å². The van der Waals surface area contributed by atoms with Crippen LogP contribution in [0, 0.1) is 11.8 Å². The van der Waals surface area contributed by atoms with Crippen LogP contribution in [-0.4, -0.2) is 17.5 Å². The Hall–Kier alpha value is -0.670. The van der Waals surface area contributed by atoms with Gasteiger partial charge in [0, 0.05) is 12.8 Å². The van der Waals surface area contributed by atoms with E-state index in [2.05, 4.69) is 0 Å². The molecule has 0 heterocycles. The molecule has 0 aromatic rings. The zero-order valence-electron chi connectivity index (χ0n) is 9.64. The van der Waals surface area contributed by atoms with Crippen LogP contribution in [0.1, 0.15) is 40.5 Å². The minimum atomic E-state index is -2.71. The van der Waals surface area contributed by atoms with E-state index in [0.29, 0.717) is 0 Å². The Bertz CT molecular complexity index is 256. The maximum Gasteiger partial charge on any atom is 0.309 e. The van der Waals surface area contributed by atoms with E-state index in [1.54, 1.807) is 27.7 Å². The van der Waals surface area contributed by atoms with Crippen molar-refractivity contribution in [2.24, 2.45) is 11.8 Å². The summed E-state index contributed by atoms with van der Waals surface area (Å²) in [4.78, 5) is 11.6. The Kier molecular flexibility index (Phi) is 3.08. The number of ether oxygens (including phenoxy) is 1. The van der Waals surface area contributed by atoms with Crippen molar-refractivity contribution in [3.8, 4) is 0 Å². The third-order valence-corrected chi connectivity index (χ3v) is 2.54. The molecule has 0 saturated heterocycles. The van der Waals surface area contributed by atoms with E-state index in [4.69, 9.17) is 4.74 Å². The van der Waals surface area contributed by atoms with Crippen LogP contribution >= 0.6 is 0 Å². The van der Waals surface area contributed by atoms with Crippen molar-refractivity contribution >= 4 is 5.97 Å². The van der Waals surface area contributed by atoms with E-state index >= 15 is 0 Å². The van der Waals surface area contributed by atoms with Crippen molar-refractivity contribution in [3.63, 3.8) is 0 Å². The summed E-state index contributed by atoms with van der Waals surface area (Å²) in [5, 5.41) is 0. The van der Waals surface area contributed by atoms with Gasteiger partial charge in [0.05, 0.1) is 5.92 Å². The second kappa shape index (κ2) is 3.72. The molecule has 1 aliphatic rings. The summed E-state index contributed by atoms with van der Waals surface area (Å²) in [5.74, 6) is -4.15. The topological polar surface area (TPSA) is 26.3 Å². The minimum Gasteiger partial charge on any atom is -0.460 e. The van der Waals surface area contributed by atoms with Gasteiger partial charge in [0.2, 0.25) is 5.92 Å². The summed E-state index contributed by atoms with van der Waals surface area (Å²) < 4.78 is 31.2. The van der Waals surface area contributed by atoms with Crippen LogP contribution in [0.2, 0.25) is 0 Å². The average molecular weight is 220 g/mol. The average Bonchev–Trinajstić information content (AvgIpc) is 2.20. The second-order valence-corrected chi connectivity index (χ2v) is 5.38. The van der Waals surface area contributed by atoms with Gasteiger partial charge in [-0.2, -0.15) is 0 Å². The first-order valence-electron chi connectivity index (χ1n) is 5.21. The molecule has 0 aromatic carbocycles. The van der Waals surface area contributed by atoms with E-state index in [1.165, 1.54) is 0 Å². The molecule has 1 unspecified atom stereocenters. The minimum absolute atomic E-state index is 0.211. The number of halogens is 2. The van der Waals surface area contributed by atoms with Crippen molar-refractivity contribution in [3.05, 3.63) is 0 Å². The van der Waals surface area contributed by atoms with Gasteiger partial charge in [-0.05, 0) is 26.7 Å². The quantitative estimate of drug-likeness (QED) is 0.635. The summed E-state index contributed by atoms with van der Waals surface area (Å²) in [6.07, 6.45) is -0.583. The molecule has 0 aliphatic heterocycles. The molecule has 2 nitrogen and oxygen atoms in total. The largest absolute Gasteiger partial charge is 0.460 e. The molecular formula is C11H18F2O2. The molecule has 1 aliphatic carbocycles. The molecule has 0 N–H and O–H groups in total.